The summed E-state index contributed by atoms with van der Waals surface area (Å²) in [7, 11) is 0. The lowest BCUT2D eigenvalue weighted by molar-refractivity contribution is -0.141. The molecule has 3 atom stereocenters. The third-order valence-electron chi connectivity index (χ3n) is 4.87. The molecule has 2 fully saturated rings. The Bertz CT molecular complexity index is 339. The van der Waals surface area contributed by atoms with Gasteiger partial charge in [0.15, 0.2) is 0 Å². The van der Waals surface area contributed by atoms with E-state index >= 15 is 0 Å². The number of carbonyl (C=O) groups is 1. The van der Waals surface area contributed by atoms with Crippen molar-refractivity contribution >= 4 is 11.7 Å². The van der Waals surface area contributed by atoms with Crippen molar-refractivity contribution in [3.8, 4) is 0 Å². The van der Waals surface area contributed by atoms with Gasteiger partial charge in [-0.1, -0.05) is 19.0 Å². The lowest BCUT2D eigenvalue weighted by Gasteiger charge is -2.36. The first-order valence-corrected chi connectivity index (χ1v) is 5.37. The number of nitrogens with zero attached hydrogens (tertiary/aromatic N) is 1. The van der Waals surface area contributed by atoms with E-state index in [-0.39, 0.29) is 17.3 Å². The van der Waals surface area contributed by atoms with E-state index in [1.54, 1.807) is 0 Å². The summed E-state index contributed by atoms with van der Waals surface area (Å²) in [4.78, 5) is 10.9. The highest BCUT2D eigenvalue weighted by Gasteiger charge is 2.63. The van der Waals surface area contributed by atoms with Crippen LogP contribution in [0.2, 0.25) is 0 Å². The molecule has 2 saturated carbocycles. The van der Waals surface area contributed by atoms with Crippen molar-refractivity contribution in [3.63, 3.8) is 0 Å². The van der Waals surface area contributed by atoms with Crippen LogP contribution in [0, 0.1) is 16.7 Å². The second-order valence-corrected chi connectivity index (χ2v) is 5.31. The van der Waals surface area contributed by atoms with E-state index in [2.05, 4.69) is 5.16 Å². The summed E-state index contributed by atoms with van der Waals surface area (Å²) in [5.74, 6) is -0.390. The summed E-state index contributed by atoms with van der Waals surface area (Å²) < 4.78 is 0. The predicted octanol–water partition coefficient (Wildman–Crippen LogP) is 2.12. The molecule has 2 rings (SSSR count). The van der Waals surface area contributed by atoms with E-state index in [1.807, 2.05) is 13.8 Å². The molecule has 0 amide bonds. The van der Waals surface area contributed by atoms with Crippen LogP contribution in [0.25, 0.3) is 0 Å². The van der Waals surface area contributed by atoms with Crippen LogP contribution in [-0.4, -0.2) is 22.0 Å². The van der Waals surface area contributed by atoms with Gasteiger partial charge >= 0.3 is 5.97 Å². The molecule has 84 valence electrons. The number of hydrogen-bond donors (Lipinski definition) is 2. The number of oxime groups is 1. The maximum Gasteiger partial charge on any atom is 0.303 e. The molecule has 4 nitrogen and oxygen atoms in total. The SMILES string of the molecule is C[C@]12CC[C@@H](C/C1=N/O)[C@@]2(C)CC(=O)O. The second kappa shape index (κ2) is 2.97. The molecule has 0 saturated heterocycles. The van der Waals surface area contributed by atoms with Gasteiger partial charge in [0.2, 0.25) is 0 Å². The molecule has 0 radical (unpaired) electrons. The first-order valence-electron chi connectivity index (χ1n) is 5.37. The zero-order chi connectivity index (χ0) is 11.3. The maximum atomic E-state index is 10.9. The van der Waals surface area contributed by atoms with Crippen LogP contribution in [0.3, 0.4) is 0 Å². The molecule has 2 aliphatic carbocycles. The fourth-order valence-corrected chi connectivity index (χ4v) is 3.58. The number of fused-ring (bicyclic) bond motifs is 2. The van der Waals surface area contributed by atoms with Crippen molar-refractivity contribution in [1.82, 2.24) is 0 Å². The second-order valence-electron chi connectivity index (χ2n) is 5.31. The molecule has 15 heavy (non-hydrogen) atoms. The highest BCUT2D eigenvalue weighted by molar-refractivity contribution is 5.94. The van der Waals surface area contributed by atoms with Gasteiger partial charge in [-0.25, -0.2) is 0 Å². The van der Waals surface area contributed by atoms with Gasteiger partial charge in [0, 0.05) is 5.41 Å². The topological polar surface area (TPSA) is 69.9 Å². The monoisotopic (exact) mass is 211 g/mol. The first-order chi connectivity index (χ1) is 6.94. The van der Waals surface area contributed by atoms with Gasteiger partial charge < -0.3 is 10.3 Å². The Morgan fingerprint density at radius 3 is 2.73 bits per heavy atom. The summed E-state index contributed by atoms with van der Waals surface area (Å²) in [6, 6.07) is 0. The van der Waals surface area contributed by atoms with E-state index in [9.17, 15) is 4.79 Å². The first kappa shape index (κ1) is 10.5. The van der Waals surface area contributed by atoms with Crippen molar-refractivity contribution in [1.29, 1.82) is 0 Å². The molecule has 4 heteroatoms. The summed E-state index contributed by atoms with van der Waals surface area (Å²) in [5, 5.41) is 21.3. The smallest absolute Gasteiger partial charge is 0.303 e. The predicted molar refractivity (Wildman–Crippen MR) is 55.0 cm³/mol. The minimum atomic E-state index is -0.755. The van der Waals surface area contributed by atoms with E-state index in [1.165, 1.54) is 0 Å². The normalized spacial score (nSPS) is 46.3. The van der Waals surface area contributed by atoms with Crippen LogP contribution in [0.15, 0.2) is 5.16 Å². The van der Waals surface area contributed by atoms with Crippen molar-refractivity contribution < 1.29 is 15.1 Å². The molecule has 0 aromatic rings. The van der Waals surface area contributed by atoms with Crippen LogP contribution in [0.4, 0.5) is 0 Å². The van der Waals surface area contributed by atoms with E-state index in [4.69, 9.17) is 10.3 Å². The van der Waals surface area contributed by atoms with E-state index in [0.29, 0.717) is 5.92 Å². The summed E-state index contributed by atoms with van der Waals surface area (Å²) in [6.07, 6.45) is 2.93. The minimum absolute atomic E-state index is 0.174. The van der Waals surface area contributed by atoms with Crippen molar-refractivity contribution in [3.05, 3.63) is 0 Å². The Morgan fingerprint density at radius 2 is 2.27 bits per heavy atom. The van der Waals surface area contributed by atoms with E-state index in [0.717, 1.165) is 25.0 Å². The third kappa shape index (κ3) is 1.13. The molecule has 0 aliphatic heterocycles. The standard InChI is InChI=1S/C11H17NO3/c1-10-4-3-7(5-8(10)12-15)11(10,2)6-9(13)14/h7,15H,3-6H2,1-2H3,(H,13,14)/b12-8-/t7-,10-,11+/m0/s1. The number of carboxylic acids is 1. The van der Waals surface area contributed by atoms with E-state index < -0.39 is 5.97 Å². The summed E-state index contributed by atoms with van der Waals surface area (Å²) in [5.41, 5.74) is 0.341. The van der Waals surface area contributed by atoms with Gasteiger partial charge in [0.05, 0.1) is 12.1 Å². The molecule has 2 bridgehead atoms. The number of carboxylic acid groups (broad SMARTS) is 1. The Balaban J connectivity index is 2.39. The van der Waals surface area contributed by atoms with Crippen molar-refractivity contribution in [2.45, 2.75) is 39.5 Å². The Hall–Kier alpha value is -1.06. The lowest BCUT2D eigenvalue weighted by Crippen LogP contribution is -2.36. The number of aliphatic carboxylic acids is 1. The highest BCUT2D eigenvalue weighted by atomic mass is 16.4. The molecular formula is C11H17NO3. The molecule has 0 aromatic heterocycles. The fourth-order valence-electron chi connectivity index (χ4n) is 3.58. The molecule has 0 spiro atoms. The van der Waals surface area contributed by atoms with Crippen LogP contribution in [-0.2, 0) is 4.79 Å². The maximum absolute atomic E-state index is 10.9. The van der Waals surface area contributed by atoms with Gasteiger partial charge in [0.1, 0.15) is 0 Å². The Morgan fingerprint density at radius 1 is 1.60 bits per heavy atom. The van der Waals surface area contributed by atoms with Crippen molar-refractivity contribution in [2.24, 2.45) is 21.9 Å². The van der Waals surface area contributed by atoms with Crippen LogP contribution >= 0.6 is 0 Å². The molecule has 0 heterocycles. The third-order valence-corrected chi connectivity index (χ3v) is 4.87. The average Bonchev–Trinajstić information content (AvgIpc) is 2.49. The zero-order valence-electron chi connectivity index (χ0n) is 9.16. The fraction of sp³-hybridized carbons (Fsp3) is 0.818. The van der Waals surface area contributed by atoms with Gasteiger partial charge in [0.25, 0.3) is 0 Å². The van der Waals surface area contributed by atoms with Crippen LogP contribution < -0.4 is 0 Å². The Labute approximate surface area is 89.0 Å². The Kier molecular flexibility index (Phi) is 2.07. The van der Waals surface area contributed by atoms with Crippen LogP contribution in [0.5, 0.6) is 0 Å². The van der Waals surface area contributed by atoms with Gasteiger partial charge in [-0.05, 0) is 30.6 Å². The van der Waals surface area contributed by atoms with Gasteiger partial charge in [-0.3, -0.25) is 4.79 Å². The van der Waals surface area contributed by atoms with Crippen LogP contribution in [0.1, 0.15) is 39.5 Å². The zero-order valence-corrected chi connectivity index (χ0v) is 9.16. The quantitative estimate of drug-likeness (QED) is 0.543. The highest BCUT2D eigenvalue weighted by Crippen LogP contribution is 2.65. The minimum Gasteiger partial charge on any atom is -0.481 e. The van der Waals surface area contributed by atoms with Gasteiger partial charge in [-0.15, -0.1) is 0 Å². The van der Waals surface area contributed by atoms with Crippen molar-refractivity contribution in [2.75, 3.05) is 0 Å². The molecule has 2 N–H and O–H groups in total. The molecule has 0 aromatic carbocycles. The average molecular weight is 211 g/mol. The molecule has 2 aliphatic rings. The summed E-state index contributed by atoms with van der Waals surface area (Å²) >= 11 is 0. The molecular weight excluding hydrogens is 194 g/mol. The lowest BCUT2D eigenvalue weighted by atomic mass is 9.67. The molecule has 0 unspecified atom stereocenters. The van der Waals surface area contributed by atoms with Gasteiger partial charge in [-0.2, -0.15) is 0 Å². The largest absolute Gasteiger partial charge is 0.481 e. The number of rotatable bonds is 2. The number of hydrogen-bond acceptors (Lipinski definition) is 3. The summed E-state index contributed by atoms with van der Waals surface area (Å²) in [6.45, 7) is 4.06.